The molecule has 0 aliphatic carbocycles. The van der Waals surface area contributed by atoms with Gasteiger partial charge < -0.3 is 0 Å². The van der Waals surface area contributed by atoms with Gasteiger partial charge in [0.15, 0.2) is 4.32 Å². The van der Waals surface area contributed by atoms with Crippen LogP contribution in [0.15, 0.2) is 41.3 Å². The van der Waals surface area contributed by atoms with E-state index in [0.29, 0.717) is 24.8 Å². The van der Waals surface area contributed by atoms with E-state index >= 15 is 0 Å². The molecule has 6 heteroatoms. The maximum atomic E-state index is 12.8. The van der Waals surface area contributed by atoms with Crippen LogP contribution in [0.5, 0.6) is 0 Å². The van der Waals surface area contributed by atoms with Gasteiger partial charge in [0.2, 0.25) is 0 Å². The number of thioether (sulfide) groups is 1. The maximum Gasteiger partial charge on any atom is 0.270 e. The molecule has 122 valence electrons. The molecule has 0 N–H and O–H groups in total. The minimum atomic E-state index is -0.163. The average molecular weight is 394 g/mol. The second-order valence-electron chi connectivity index (χ2n) is 5.42. The topological polar surface area (TPSA) is 20.3 Å². The van der Waals surface area contributed by atoms with Gasteiger partial charge in [0, 0.05) is 15.6 Å². The zero-order valence-corrected chi connectivity index (χ0v) is 16.1. The number of hydrogen-bond acceptors (Lipinski definition) is 3. The van der Waals surface area contributed by atoms with Gasteiger partial charge >= 0.3 is 0 Å². The molecule has 0 saturated carbocycles. The van der Waals surface area contributed by atoms with Crippen molar-refractivity contribution < 1.29 is 4.79 Å². The van der Waals surface area contributed by atoms with E-state index in [1.807, 2.05) is 32.0 Å². The normalized spacial score (nSPS) is 16.3. The van der Waals surface area contributed by atoms with Crippen LogP contribution in [0.25, 0.3) is 6.08 Å². The number of rotatable bonds is 2. The number of thiocarbonyl (C=S) groups is 1. The third kappa shape index (κ3) is 3.24. The molecule has 0 atom stereocenters. The third-order valence-corrected chi connectivity index (χ3v) is 5.78. The number of amides is 1. The predicted octanol–water partition coefficient (Wildman–Crippen LogP) is 6.02. The molecule has 2 aromatic rings. The Labute approximate surface area is 160 Å². The Morgan fingerprint density at radius 3 is 2.38 bits per heavy atom. The number of carbonyl (C=O) groups excluding carboxylic acids is 1. The van der Waals surface area contributed by atoms with Gasteiger partial charge in [-0.3, -0.25) is 9.69 Å². The summed E-state index contributed by atoms with van der Waals surface area (Å²) in [5, 5.41) is 0.998. The van der Waals surface area contributed by atoms with Crippen LogP contribution in [-0.4, -0.2) is 10.2 Å². The van der Waals surface area contributed by atoms with Gasteiger partial charge in [-0.2, -0.15) is 0 Å². The Kier molecular flexibility index (Phi) is 5.02. The summed E-state index contributed by atoms with van der Waals surface area (Å²) in [5.41, 5.74) is 3.68. The number of benzene rings is 2. The van der Waals surface area contributed by atoms with Gasteiger partial charge in [0.1, 0.15) is 0 Å². The molecule has 1 fully saturated rings. The first-order chi connectivity index (χ1) is 11.4. The molecule has 1 saturated heterocycles. The van der Waals surface area contributed by atoms with E-state index in [1.54, 1.807) is 29.2 Å². The second kappa shape index (κ2) is 6.89. The molecule has 24 heavy (non-hydrogen) atoms. The van der Waals surface area contributed by atoms with Crippen LogP contribution in [-0.2, 0) is 4.79 Å². The Bertz CT molecular complexity index is 872. The van der Waals surface area contributed by atoms with Crippen molar-refractivity contribution in [3.8, 4) is 0 Å². The second-order valence-corrected chi connectivity index (χ2v) is 7.91. The van der Waals surface area contributed by atoms with Crippen LogP contribution in [0.1, 0.15) is 16.7 Å². The molecule has 0 spiro atoms. The number of aryl methyl sites for hydroxylation is 2. The quantitative estimate of drug-likeness (QED) is 0.459. The van der Waals surface area contributed by atoms with Crippen LogP contribution >= 0.6 is 47.2 Å². The average Bonchev–Trinajstić information content (AvgIpc) is 2.80. The van der Waals surface area contributed by atoms with E-state index in [9.17, 15) is 4.79 Å². The number of halogens is 2. The third-order valence-electron chi connectivity index (χ3n) is 3.82. The highest BCUT2D eigenvalue weighted by molar-refractivity contribution is 8.27. The van der Waals surface area contributed by atoms with Gasteiger partial charge in [-0.05, 0) is 55.3 Å². The molecule has 1 amide bonds. The largest absolute Gasteiger partial charge is 0.270 e. The van der Waals surface area contributed by atoms with E-state index in [1.165, 1.54) is 17.3 Å². The van der Waals surface area contributed by atoms with E-state index in [0.717, 1.165) is 11.3 Å². The minimum absolute atomic E-state index is 0.163. The zero-order valence-electron chi connectivity index (χ0n) is 13.0. The molecular weight excluding hydrogens is 381 g/mol. The summed E-state index contributed by atoms with van der Waals surface area (Å²) in [4.78, 5) is 14.9. The van der Waals surface area contributed by atoms with E-state index in [2.05, 4.69) is 0 Å². The highest BCUT2D eigenvalue weighted by Crippen LogP contribution is 2.38. The first-order valence-corrected chi connectivity index (χ1v) is 9.16. The summed E-state index contributed by atoms with van der Waals surface area (Å²) in [6.45, 7) is 4.04. The molecule has 2 aromatic carbocycles. The van der Waals surface area contributed by atoms with E-state index in [4.69, 9.17) is 35.4 Å². The van der Waals surface area contributed by atoms with Gasteiger partial charge in [0.05, 0.1) is 10.6 Å². The molecule has 2 nitrogen and oxygen atoms in total. The van der Waals surface area contributed by atoms with Gasteiger partial charge in [-0.25, -0.2) is 0 Å². The van der Waals surface area contributed by atoms with Gasteiger partial charge in [-0.1, -0.05) is 59.3 Å². The highest BCUT2D eigenvalue weighted by Gasteiger charge is 2.33. The van der Waals surface area contributed by atoms with Crippen LogP contribution in [0.3, 0.4) is 0 Å². The number of hydrogen-bond donors (Lipinski definition) is 0. The van der Waals surface area contributed by atoms with Crippen LogP contribution in [0.4, 0.5) is 5.69 Å². The van der Waals surface area contributed by atoms with Crippen molar-refractivity contribution in [2.75, 3.05) is 4.90 Å². The molecule has 0 unspecified atom stereocenters. The van der Waals surface area contributed by atoms with E-state index in [-0.39, 0.29) is 5.91 Å². The van der Waals surface area contributed by atoms with Gasteiger partial charge in [-0.15, -0.1) is 0 Å². The fraction of sp³-hybridized carbons (Fsp3) is 0.111. The molecule has 0 bridgehead atoms. The Balaban J connectivity index is 2.00. The van der Waals surface area contributed by atoms with Crippen molar-refractivity contribution in [3.05, 3.63) is 68.0 Å². The van der Waals surface area contributed by atoms with Crippen molar-refractivity contribution in [3.63, 3.8) is 0 Å². The SMILES string of the molecule is Cc1ccc(N2C(=O)C(=Cc3c(Cl)cccc3Cl)SC2=S)cc1C. The lowest BCUT2D eigenvalue weighted by atomic mass is 10.1. The summed E-state index contributed by atoms with van der Waals surface area (Å²) in [6, 6.07) is 11.1. The standard InChI is InChI=1S/C18H13Cl2NOS2/c1-10-6-7-12(8-11(10)2)21-17(22)16(24-18(21)23)9-13-14(19)4-3-5-15(13)20/h3-9H,1-2H3. The van der Waals surface area contributed by atoms with Crippen LogP contribution in [0, 0.1) is 13.8 Å². The first-order valence-electron chi connectivity index (χ1n) is 7.17. The summed E-state index contributed by atoms with van der Waals surface area (Å²) in [7, 11) is 0. The smallest absolute Gasteiger partial charge is 0.268 e. The molecule has 0 aromatic heterocycles. The highest BCUT2D eigenvalue weighted by atomic mass is 35.5. The number of carbonyl (C=O) groups is 1. The van der Waals surface area contributed by atoms with Crippen molar-refractivity contribution in [2.24, 2.45) is 0 Å². The molecule has 1 aliphatic rings. The Morgan fingerprint density at radius 2 is 1.75 bits per heavy atom. The minimum Gasteiger partial charge on any atom is -0.268 e. The first kappa shape index (κ1) is 17.5. The maximum absolute atomic E-state index is 12.8. The lowest BCUT2D eigenvalue weighted by molar-refractivity contribution is -0.113. The molecule has 1 aliphatic heterocycles. The van der Waals surface area contributed by atoms with Crippen molar-refractivity contribution >= 4 is 69.2 Å². The monoisotopic (exact) mass is 393 g/mol. The summed E-state index contributed by atoms with van der Waals surface area (Å²) in [6.07, 6.45) is 1.70. The lowest BCUT2D eigenvalue weighted by Gasteiger charge is -2.16. The predicted molar refractivity (Wildman–Crippen MR) is 108 cm³/mol. The van der Waals surface area contributed by atoms with Crippen LogP contribution < -0.4 is 4.90 Å². The molecule has 3 rings (SSSR count). The summed E-state index contributed by atoms with van der Waals surface area (Å²) >= 11 is 19.0. The van der Waals surface area contributed by atoms with Gasteiger partial charge in [0.25, 0.3) is 5.91 Å². The van der Waals surface area contributed by atoms with Crippen molar-refractivity contribution in [1.82, 2.24) is 0 Å². The molecular formula is C18H13Cl2NOS2. The van der Waals surface area contributed by atoms with Crippen molar-refractivity contribution in [2.45, 2.75) is 13.8 Å². The fourth-order valence-corrected chi connectivity index (χ4v) is 4.12. The number of nitrogens with zero attached hydrogens (tertiary/aromatic N) is 1. The van der Waals surface area contributed by atoms with Crippen LogP contribution in [0.2, 0.25) is 10.0 Å². The fourth-order valence-electron chi connectivity index (χ4n) is 2.33. The Hall–Kier alpha value is -1.33. The molecule has 1 heterocycles. The summed E-state index contributed by atoms with van der Waals surface area (Å²) in [5.74, 6) is -0.163. The Morgan fingerprint density at radius 1 is 1.08 bits per heavy atom. The summed E-state index contributed by atoms with van der Waals surface area (Å²) < 4.78 is 0.498. The van der Waals surface area contributed by atoms with Crippen molar-refractivity contribution in [1.29, 1.82) is 0 Å². The lowest BCUT2D eigenvalue weighted by Crippen LogP contribution is -2.27. The zero-order chi connectivity index (χ0) is 17.4. The van der Waals surface area contributed by atoms with E-state index < -0.39 is 0 Å². The number of anilines is 1. The molecule has 0 radical (unpaired) electrons.